The van der Waals surface area contributed by atoms with Crippen LogP contribution in [0.4, 0.5) is 17.2 Å². The molecule has 4 aromatic rings. The SMILES string of the molecule is Cc1ccc2ccccc2c1-c1cccc(N2c3ccccc3N(C)[C@H]2C)[n+]1C. The van der Waals surface area contributed by atoms with Crippen molar-refractivity contribution < 1.29 is 4.57 Å². The van der Waals surface area contributed by atoms with Crippen LogP contribution in [0.3, 0.4) is 0 Å². The lowest BCUT2D eigenvalue weighted by Crippen LogP contribution is -2.44. The van der Waals surface area contributed by atoms with Gasteiger partial charge in [-0.15, -0.1) is 0 Å². The van der Waals surface area contributed by atoms with Crippen LogP contribution in [0, 0.1) is 6.92 Å². The van der Waals surface area contributed by atoms with Gasteiger partial charge in [0.25, 0.3) is 5.82 Å². The van der Waals surface area contributed by atoms with Crippen molar-refractivity contribution in [1.29, 1.82) is 0 Å². The fraction of sp³-hybridized carbons (Fsp3) is 0.192. The van der Waals surface area contributed by atoms with E-state index in [2.05, 4.69) is 121 Å². The summed E-state index contributed by atoms with van der Waals surface area (Å²) in [5.74, 6) is 1.19. The van der Waals surface area contributed by atoms with Crippen LogP contribution in [0.1, 0.15) is 12.5 Å². The van der Waals surface area contributed by atoms with E-state index < -0.39 is 0 Å². The summed E-state index contributed by atoms with van der Waals surface area (Å²) in [6.07, 6.45) is 0.252. The molecule has 0 amide bonds. The molecule has 0 N–H and O–H groups in total. The van der Waals surface area contributed by atoms with Crippen LogP contribution < -0.4 is 14.4 Å². The summed E-state index contributed by atoms with van der Waals surface area (Å²) in [7, 11) is 4.35. The number of anilines is 3. The average molecular weight is 381 g/mol. The maximum absolute atomic E-state index is 2.43. The molecule has 3 aromatic carbocycles. The molecule has 0 aliphatic carbocycles. The quantitative estimate of drug-likeness (QED) is 0.421. The van der Waals surface area contributed by atoms with E-state index in [0.29, 0.717) is 0 Å². The predicted octanol–water partition coefficient (Wildman–Crippen LogP) is 5.57. The summed E-state index contributed by atoms with van der Waals surface area (Å²) in [5.41, 5.74) is 6.36. The molecule has 2 heterocycles. The number of hydrogen-bond acceptors (Lipinski definition) is 2. The highest BCUT2D eigenvalue weighted by Crippen LogP contribution is 2.42. The molecule has 1 aromatic heterocycles. The Hall–Kier alpha value is -3.33. The zero-order valence-corrected chi connectivity index (χ0v) is 17.4. The van der Waals surface area contributed by atoms with Crippen LogP contribution in [0.15, 0.2) is 78.9 Å². The van der Waals surface area contributed by atoms with Gasteiger partial charge in [-0.05, 0) is 54.4 Å². The smallest absolute Gasteiger partial charge is 0.283 e. The van der Waals surface area contributed by atoms with E-state index in [4.69, 9.17) is 0 Å². The number of para-hydroxylation sites is 2. The first-order chi connectivity index (χ1) is 14.1. The number of benzene rings is 3. The van der Waals surface area contributed by atoms with Crippen LogP contribution in [-0.2, 0) is 7.05 Å². The van der Waals surface area contributed by atoms with Crippen LogP contribution >= 0.6 is 0 Å². The average Bonchev–Trinajstić information content (AvgIpc) is 2.99. The first-order valence-electron chi connectivity index (χ1n) is 10.2. The van der Waals surface area contributed by atoms with Crippen molar-refractivity contribution in [2.45, 2.75) is 20.0 Å². The van der Waals surface area contributed by atoms with Crippen molar-refractivity contribution in [2.75, 3.05) is 16.8 Å². The molecule has 3 nitrogen and oxygen atoms in total. The molecule has 5 rings (SSSR count). The van der Waals surface area contributed by atoms with Crippen LogP contribution in [0.2, 0.25) is 0 Å². The van der Waals surface area contributed by atoms with Gasteiger partial charge in [0.2, 0.25) is 0 Å². The third-order valence-corrected chi connectivity index (χ3v) is 6.30. The number of aromatic nitrogens is 1. The lowest BCUT2D eigenvalue weighted by atomic mass is 9.96. The fourth-order valence-corrected chi connectivity index (χ4v) is 4.64. The molecule has 0 spiro atoms. The van der Waals surface area contributed by atoms with Crippen molar-refractivity contribution >= 4 is 28.0 Å². The van der Waals surface area contributed by atoms with Crippen LogP contribution in [-0.4, -0.2) is 13.2 Å². The molecule has 1 atom stereocenters. The molecular weight excluding hydrogens is 354 g/mol. The summed E-state index contributed by atoms with van der Waals surface area (Å²) >= 11 is 0. The van der Waals surface area contributed by atoms with Crippen molar-refractivity contribution in [1.82, 2.24) is 0 Å². The topological polar surface area (TPSA) is 10.4 Å². The Morgan fingerprint density at radius 1 is 0.793 bits per heavy atom. The van der Waals surface area contributed by atoms with Gasteiger partial charge < -0.3 is 4.90 Å². The summed E-state index contributed by atoms with van der Waals surface area (Å²) in [5, 5.41) is 2.57. The fourth-order valence-electron chi connectivity index (χ4n) is 4.64. The molecule has 0 radical (unpaired) electrons. The highest BCUT2D eigenvalue weighted by molar-refractivity contribution is 5.97. The van der Waals surface area contributed by atoms with Crippen molar-refractivity contribution in [3.63, 3.8) is 0 Å². The van der Waals surface area contributed by atoms with Crippen LogP contribution in [0.25, 0.3) is 22.0 Å². The molecule has 0 unspecified atom stereocenters. The van der Waals surface area contributed by atoms with Crippen molar-refractivity contribution in [3.8, 4) is 11.3 Å². The largest absolute Gasteiger partial charge is 0.333 e. The number of aryl methyl sites for hydroxylation is 1. The number of nitrogens with zero attached hydrogens (tertiary/aromatic N) is 3. The van der Waals surface area contributed by atoms with Gasteiger partial charge in [-0.1, -0.05) is 48.5 Å². The molecule has 0 saturated heterocycles. The Morgan fingerprint density at radius 3 is 2.34 bits per heavy atom. The van der Waals surface area contributed by atoms with E-state index >= 15 is 0 Å². The summed E-state index contributed by atoms with van der Waals surface area (Å²) < 4.78 is 2.33. The minimum Gasteiger partial charge on any atom is -0.333 e. The monoisotopic (exact) mass is 380 g/mol. The first kappa shape index (κ1) is 17.7. The third-order valence-electron chi connectivity index (χ3n) is 6.30. The molecule has 1 aliphatic rings. The maximum atomic E-state index is 2.43. The highest BCUT2D eigenvalue weighted by atomic mass is 15.4. The summed E-state index contributed by atoms with van der Waals surface area (Å²) in [6.45, 7) is 4.46. The number of hydrogen-bond donors (Lipinski definition) is 0. The maximum Gasteiger partial charge on any atom is 0.283 e. The van der Waals surface area contributed by atoms with E-state index in [1.165, 1.54) is 44.8 Å². The summed E-state index contributed by atoms with van der Waals surface area (Å²) in [4.78, 5) is 4.77. The van der Waals surface area contributed by atoms with E-state index in [1.807, 2.05) is 0 Å². The predicted molar refractivity (Wildman–Crippen MR) is 122 cm³/mol. The lowest BCUT2D eigenvalue weighted by molar-refractivity contribution is -0.647. The minimum atomic E-state index is 0.252. The Labute approximate surface area is 172 Å². The molecule has 3 heteroatoms. The molecule has 1 aliphatic heterocycles. The van der Waals surface area contributed by atoms with Gasteiger partial charge in [-0.3, -0.25) is 0 Å². The lowest BCUT2D eigenvalue weighted by Gasteiger charge is -2.23. The van der Waals surface area contributed by atoms with Gasteiger partial charge in [0.1, 0.15) is 5.69 Å². The third kappa shape index (κ3) is 2.61. The van der Waals surface area contributed by atoms with E-state index in [-0.39, 0.29) is 6.17 Å². The van der Waals surface area contributed by atoms with Crippen molar-refractivity contribution in [3.05, 3.63) is 84.4 Å². The normalized spacial score (nSPS) is 15.8. The molecule has 144 valence electrons. The van der Waals surface area contributed by atoms with Gasteiger partial charge in [-0.2, -0.15) is 0 Å². The Kier molecular flexibility index (Phi) is 4.06. The summed E-state index contributed by atoms with van der Waals surface area (Å²) in [6, 6.07) is 28.4. The molecule has 29 heavy (non-hydrogen) atoms. The zero-order chi connectivity index (χ0) is 20.1. The first-order valence-corrected chi connectivity index (χ1v) is 10.2. The van der Waals surface area contributed by atoms with E-state index in [0.717, 1.165) is 0 Å². The highest BCUT2D eigenvalue weighted by Gasteiger charge is 2.39. The van der Waals surface area contributed by atoms with Gasteiger partial charge in [-0.25, -0.2) is 9.47 Å². The van der Waals surface area contributed by atoms with Crippen molar-refractivity contribution in [2.24, 2.45) is 7.05 Å². The van der Waals surface area contributed by atoms with Crippen LogP contribution in [0.5, 0.6) is 0 Å². The van der Waals surface area contributed by atoms with E-state index in [1.54, 1.807) is 0 Å². The standard InChI is InChI=1S/C26H26N3/c1-18-16-17-20-10-5-6-11-21(20)26(18)24-14-9-15-25(28(24)4)29-19(2)27(3)22-12-7-8-13-23(22)29/h5-17,19H,1-4H3/q+1/t19-/m1/s1. The Balaban J connectivity index is 1.74. The second-order valence-corrected chi connectivity index (χ2v) is 7.91. The number of pyridine rings is 1. The second kappa shape index (κ2) is 6.63. The molecular formula is C26H26N3+. The molecule has 0 bridgehead atoms. The zero-order valence-electron chi connectivity index (χ0n) is 17.4. The van der Waals surface area contributed by atoms with E-state index in [9.17, 15) is 0 Å². The van der Waals surface area contributed by atoms with Gasteiger partial charge in [0.05, 0.1) is 12.7 Å². The van der Waals surface area contributed by atoms with Gasteiger partial charge in [0.15, 0.2) is 11.9 Å². The molecule has 0 saturated carbocycles. The Morgan fingerprint density at radius 2 is 1.52 bits per heavy atom. The number of rotatable bonds is 2. The molecule has 0 fully saturated rings. The van der Waals surface area contributed by atoms with Gasteiger partial charge in [0, 0.05) is 18.7 Å². The second-order valence-electron chi connectivity index (χ2n) is 7.91. The number of fused-ring (bicyclic) bond motifs is 2. The minimum absolute atomic E-state index is 0.252. The Bertz CT molecular complexity index is 1230. The van der Waals surface area contributed by atoms with Gasteiger partial charge >= 0.3 is 0 Å².